The van der Waals surface area contributed by atoms with Crippen LogP contribution in [0.5, 0.6) is 0 Å². The van der Waals surface area contributed by atoms with E-state index in [0.717, 1.165) is 18.2 Å². The summed E-state index contributed by atoms with van der Waals surface area (Å²) in [7, 11) is -3.83. The highest BCUT2D eigenvalue weighted by atomic mass is 32.2. The molecule has 0 N–H and O–H groups in total. The van der Waals surface area contributed by atoms with Gasteiger partial charge in [-0.1, -0.05) is 24.3 Å². The van der Waals surface area contributed by atoms with Crippen LogP contribution >= 0.6 is 11.8 Å². The maximum atomic E-state index is 12.8. The first-order valence-electron chi connectivity index (χ1n) is 9.58. The Morgan fingerprint density at radius 3 is 2.40 bits per heavy atom. The van der Waals surface area contributed by atoms with Crippen LogP contribution in [0.15, 0.2) is 64.4 Å². The molecule has 30 heavy (non-hydrogen) atoms. The van der Waals surface area contributed by atoms with Crippen LogP contribution < -0.4 is 0 Å². The van der Waals surface area contributed by atoms with Crippen LogP contribution in [0.3, 0.4) is 0 Å². The molecule has 0 saturated carbocycles. The van der Waals surface area contributed by atoms with Gasteiger partial charge in [0.05, 0.1) is 9.82 Å². The number of benzene rings is 2. The van der Waals surface area contributed by atoms with Crippen LogP contribution in [-0.4, -0.2) is 60.4 Å². The van der Waals surface area contributed by atoms with Crippen molar-refractivity contribution in [2.75, 3.05) is 31.9 Å². The number of non-ortho nitro benzene ring substituents is 1. The van der Waals surface area contributed by atoms with E-state index in [0.29, 0.717) is 19.5 Å². The minimum Gasteiger partial charge on any atom is -0.340 e. The van der Waals surface area contributed by atoms with Crippen molar-refractivity contribution in [3.63, 3.8) is 0 Å². The molecule has 0 aliphatic carbocycles. The van der Waals surface area contributed by atoms with Crippen LogP contribution in [-0.2, 0) is 14.8 Å². The number of carbonyl (C=O) groups excluding carboxylic acids is 1. The van der Waals surface area contributed by atoms with Crippen LogP contribution in [0.25, 0.3) is 0 Å². The normalized spacial score (nSPS) is 15.1. The lowest BCUT2D eigenvalue weighted by Gasteiger charge is -2.34. The third-order valence-electron chi connectivity index (χ3n) is 4.80. The number of amides is 1. The van der Waals surface area contributed by atoms with Gasteiger partial charge in [-0.25, -0.2) is 8.42 Å². The number of nitro benzene ring substituents is 1. The van der Waals surface area contributed by atoms with E-state index in [1.54, 1.807) is 16.7 Å². The lowest BCUT2D eigenvalue weighted by atomic mass is 10.2. The van der Waals surface area contributed by atoms with Crippen molar-refractivity contribution >= 4 is 33.4 Å². The van der Waals surface area contributed by atoms with Crippen molar-refractivity contribution in [1.29, 1.82) is 0 Å². The monoisotopic (exact) mass is 449 g/mol. The maximum absolute atomic E-state index is 12.8. The van der Waals surface area contributed by atoms with Gasteiger partial charge >= 0.3 is 0 Å². The summed E-state index contributed by atoms with van der Waals surface area (Å²) < 4.78 is 26.8. The highest BCUT2D eigenvalue weighted by molar-refractivity contribution is 7.99. The van der Waals surface area contributed by atoms with Gasteiger partial charge < -0.3 is 4.90 Å². The molecule has 0 aromatic heterocycles. The minimum absolute atomic E-state index is 0.0241. The molecule has 2 aromatic carbocycles. The lowest BCUT2D eigenvalue weighted by Crippen LogP contribution is -2.50. The summed E-state index contributed by atoms with van der Waals surface area (Å²) in [4.78, 5) is 25.5. The van der Waals surface area contributed by atoms with Crippen molar-refractivity contribution in [3.8, 4) is 0 Å². The van der Waals surface area contributed by atoms with E-state index in [-0.39, 0.29) is 29.6 Å². The summed E-state index contributed by atoms with van der Waals surface area (Å²) in [5.74, 6) is 0.868. The zero-order chi connectivity index (χ0) is 21.6. The van der Waals surface area contributed by atoms with Gasteiger partial charge in [-0.2, -0.15) is 4.31 Å². The fourth-order valence-corrected chi connectivity index (χ4v) is 5.51. The molecule has 10 heteroatoms. The lowest BCUT2D eigenvalue weighted by molar-refractivity contribution is -0.385. The van der Waals surface area contributed by atoms with E-state index in [1.807, 2.05) is 30.3 Å². The number of rotatable bonds is 8. The van der Waals surface area contributed by atoms with E-state index in [4.69, 9.17) is 0 Å². The second-order valence-corrected chi connectivity index (χ2v) is 9.91. The molecule has 0 spiro atoms. The number of nitrogens with zero attached hydrogens (tertiary/aromatic N) is 3. The molecule has 0 unspecified atom stereocenters. The number of hydrogen-bond acceptors (Lipinski definition) is 6. The SMILES string of the molecule is O=C(CCCSc1ccccc1)N1CCN(S(=O)(=O)c2cccc([N+](=O)[O-])c2)CC1. The molecule has 1 aliphatic rings. The second kappa shape index (κ2) is 10.1. The van der Waals surface area contributed by atoms with Crippen molar-refractivity contribution in [2.45, 2.75) is 22.6 Å². The third-order valence-corrected chi connectivity index (χ3v) is 7.80. The molecule has 3 rings (SSSR count). The van der Waals surface area contributed by atoms with Gasteiger partial charge in [0.25, 0.3) is 5.69 Å². The number of carbonyl (C=O) groups is 1. The van der Waals surface area contributed by atoms with Gasteiger partial charge in [0.2, 0.25) is 15.9 Å². The number of hydrogen-bond donors (Lipinski definition) is 0. The van der Waals surface area contributed by atoms with E-state index >= 15 is 0 Å². The maximum Gasteiger partial charge on any atom is 0.270 e. The standard InChI is InChI=1S/C20H23N3O5S2/c24-20(10-5-15-29-18-7-2-1-3-8-18)21-11-13-22(14-12-21)30(27,28)19-9-4-6-17(16-19)23(25)26/h1-4,6-9,16H,5,10-15H2. The Morgan fingerprint density at radius 2 is 1.73 bits per heavy atom. The van der Waals surface area contributed by atoms with Gasteiger partial charge in [-0.05, 0) is 30.4 Å². The zero-order valence-corrected chi connectivity index (χ0v) is 18.0. The summed E-state index contributed by atoms with van der Waals surface area (Å²) in [6.45, 7) is 0.989. The number of sulfonamides is 1. The molecular weight excluding hydrogens is 426 g/mol. The predicted octanol–water partition coefficient (Wildman–Crippen LogP) is 3.00. The average molecular weight is 450 g/mol. The van der Waals surface area contributed by atoms with E-state index in [1.165, 1.54) is 27.4 Å². The molecule has 1 fully saturated rings. The topological polar surface area (TPSA) is 101 Å². The van der Waals surface area contributed by atoms with E-state index in [2.05, 4.69) is 0 Å². The third kappa shape index (κ3) is 5.59. The molecular formula is C20H23N3O5S2. The van der Waals surface area contributed by atoms with Crippen molar-refractivity contribution < 1.29 is 18.1 Å². The Kier molecular flexibility index (Phi) is 7.46. The second-order valence-electron chi connectivity index (χ2n) is 6.80. The highest BCUT2D eigenvalue weighted by Gasteiger charge is 2.30. The fraction of sp³-hybridized carbons (Fsp3) is 0.350. The molecule has 1 saturated heterocycles. The highest BCUT2D eigenvalue weighted by Crippen LogP contribution is 2.23. The number of piperazine rings is 1. The first-order valence-corrected chi connectivity index (χ1v) is 12.0. The Balaban J connectivity index is 1.48. The Labute approximate surface area is 180 Å². The summed E-state index contributed by atoms with van der Waals surface area (Å²) in [5, 5.41) is 10.9. The van der Waals surface area contributed by atoms with Crippen molar-refractivity contribution in [1.82, 2.24) is 9.21 Å². The molecule has 0 radical (unpaired) electrons. The smallest absolute Gasteiger partial charge is 0.270 e. The van der Waals surface area contributed by atoms with Crippen LogP contribution in [0.1, 0.15) is 12.8 Å². The van der Waals surface area contributed by atoms with Crippen LogP contribution in [0, 0.1) is 10.1 Å². The summed E-state index contributed by atoms with van der Waals surface area (Å²) in [5.41, 5.74) is -0.265. The van der Waals surface area contributed by atoms with Gasteiger partial charge in [0.15, 0.2) is 0 Å². The average Bonchev–Trinajstić information content (AvgIpc) is 2.77. The summed E-state index contributed by atoms with van der Waals surface area (Å²) in [6.07, 6.45) is 1.18. The largest absolute Gasteiger partial charge is 0.340 e. The molecule has 0 atom stereocenters. The van der Waals surface area contributed by atoms with Gasteiger partial charge in [-0.15, -0.1) is 11.8 Å². The number of nitro groups is 1. The van der Waals surface area contributed by atoms with Gasteiger partial charge in [0.1, 0.15) is 0 Å². The quantitative estimate of drug-likeness (QED) is 0.266. The van der Waals surface area contributed by atoms with E-state index in [9.17, 15) is 23.3 Å². The Morgan fingerprint density at radius 1 is 1.03 bits per heavy atom. The van der Waals surface area contributed by atoms with E-state index < -0.39 is 14.9 Å². The first-order chi connectivity index (χ1) is 14.4. The van der Waals surface area contributed by atoms with Gasteiger partial charge in [-0.3, -0.25) is 14.9 Å². The first kappa shape index (κ1) is 22.3. The number of thioether (sulfide) groups is 1. The van der Waals surface area contributed by atoms with Crippen molar-refractivity contribution in [2.24, 2.45) is 0 Å². The fourth-order valence-electron chi connectivity index (χ4n) is 3.17. The molecule has 1 heterocycles. The molecule has 1 amide bonds. The van der Waals surface area contributed by atoms with Gasteiger partial charge in [0, 0.05) is 49.6 Å². The molecule has 1 aliphatic heterocycles. The minimum atomic E-state index is -3.83. The Bertz CT molecular complexity index is 991. The van der Waals surface area contributed by atoms with Crippen LogP contribution in [0.2, 0.25) is 0 Å². The Hall–Kier alpha value is -2.43. The molecule has 2 aromatic rings. The van der Waals surface area contributed by atoms with Crippen molar-refractivity contribution in [3.05, 3.63) is 64.7 Å². The molecule has 8 nitrogen and oxygen atoms in total. The molecule has 160 valence electrons. The summed E-state index contributed by atoms with van der Waals surface area (Å²) in [6, 6.07) is 15.0. The zero-order valence-electron chi connectivity index (χ0n) is 16.3. The van der Waals surface area contributed by atoms with Crippen LogP contribution in [0.4, 0.5) is 5.69 Å². The molecule has 0 bridgehead atoms. The summed E-state index contributed by atoms with van der Waals surface area (Å²) >= 11 is 1.71. The predicted molar refractivity (Wildman–Crippen MR) is 115 cm³/mol.